The highest BCUT2D eigenvalue weighted by Crippen LogP contribution is 2.33. The van der Waals surface area contributed by atoms with Gasteiger partial charge in [0.1, 0.15) is 0 Å². The first-order chi connectivity index (χ1) is 8.32. The fourth-order valence-corrected chi connectivity index (χ4v) is 2.95. The van der Waals surface area contributed by atoms with Crippen LogP contribution in [0.4, 0.5) is 0 Å². The van der Waals surface area contributed by atoms with Crippen molar-refractivity contribution in [2.24, 2.45) is 29.4 Å². The van der Waals surface area contributed by atoms with Gasteiger partial charge in [0.25, 0.3) is 0 Å². The normalized spacial score (nSPS) is 30.6. The summed E-state index contributed by atoms with van der Waals surface area (Å²) in [4.78, 5) is 12.1. The fourth-order valence-electron chi connectivity index (χ4n) is 2.95. The van der Waals surface area contributed by atoms with Crippen LogP contribution in [0.1, 0.15) is 53.9 Å². The highest BCUT2D eigenvalue weighted by Gasteiger charge is 2.32. The fraction of sp³-hybridized carbons (Fsp3) is 0.933. The molecule has 1 rings (SSSR count). The van der Waals surface area contributed by atoms with E-state index in [4.69, 9.17) is 5.73 Å². The van der Waals surface area contributed by atoms with Crippen molar-refractivity contribution < 1.29 is 4.79 Å². The SMILES string of the molecule is CC1CCC(C(C)C)C(NC(=O)C(N)C(C)C)C1. The van der Waals surface area contributed by atoms with Crippen molar-refractivity contribution in [2.45, 2.75) is 66.0 Å². The lowest BCUT2D eigenvalue weighted by Gasteiger charge is -2.38. The number of nitrogens with one attached hydrogen (secondary N) is 1. The van der Waals surface area contributed by atoms with Crippen LogP contribution >= 0.6 is 0 Å². The molecule has 1 saturated carbocycles. The van der Waals surface area contributed by atoms with Gasteiger partial charge in [-0.1, -0.05) is 41.0 Å². The molecule has 0 saturated heterocycles. The number of nitrogens with two attached hydrogens (primary N) is 1. The zero-order chi connectivity index (χ0) is 13.9. The number of carbonyl (C=O) groups is 1. The average molecular weight is 254 g/mol. The van der Waals surface area contributed by atoms with Gasteiger partial charge in [-0.15, -0.1) is 0 Å². The van der Waals surface area contributed by atoms with E-state index in [9.17, 15) is 4.79 Å². The van der Waals surface area contributed by atoms with Gasteiger partial charge in [0.15, 0.2) is 0 Å². The Kier molecular flexibility index (Phi) is 5.64. The number of carbonyl (C=O) groups excluding carboxylic acids is 1. The predicted octanol–water partition coefficient (Wildman–Crippen LogP) is 2.55. The molecule has 18 heavy (non-hydrogen) atoms. The van der Waals surface area contributed by atoms with Crippen LogP contribution in [-0.2, 0) is 4.79 Å². The molecule has 4 atom stereocenters. The highest BCUT2D eigenvalue weighted by atomic mass is 16.2. The van der Waals surface area contributed by atoms with Crippen LogP contribution in [0.15, 0.2) is 0 Å². The topological polar surface area (TPSA) is 55.1 Å². The molecule has 1 aliphatic carbocycles. The summed E-state index contributed by atoms with van der Waals surface area (Å²) in [6.07, 6.45) is 3.60. The summed E-state index contributed by atoms with van der Waals surface area (Å²) < 4.78 is 0. The zero-order valence-electron chi connectivity index (χ0n) is 12.6. The van der Waals surface area contributed by atoms with Gasteiger partial charge in [-0.25, -0.2) is 0 Å². The summed E-state index contributed by atoms with van der Waals surface area (Å²) in [7, 11) is 0. The molecule has 1 aliphatic rings. The van der Waals surface area contributed by atoms with E-state index >= 15 is 0 Å². The van der Waals surface area contributed by atoms with Crippen LogP contribution in [0.2, 0.25) is 0 Å². The van der Waals surface area contributed by atoms with Gasteiger partial charge < -0.3 is 11.1 Å². The third kappa shape index (κ3) is 3.98. The lowest BCUT2D eigenvalue weighted by atomic mass is 9.74. The number of amides is 1. The Morgan fingerprint density at radius 1 is 1.22 bits per heavy atom. The minimum atomic E-state index is -0.380. The third-order valence-corrected chi connectivity index (χ3v) is 4.37. The molecule has 4 unspecified atom stereocenters. The van der Waals surface area contributed by atoms with Crippen molar-refractivity contribution in [3.05, 3.63) is 0 Å². The lowest BCUT2D eigenvalue weighted by molar-refractivity contribution is -0.124. The van der Waals surface area contributed by atoms with Gasteiger partial charge in [0, 0.05) is 6.04 Å². The van der Waals surface area contributed by atoms with E-state index in [1.165, 1.54) is 12.8 Å². The smallest absolute Gasteiger partial charge is 0.237 e. The van der Waals surface area contributed by atoms with Gasteiger partial charge in [0.2, 0.25) is 5.91 Å². The van der Waals surface area contributed by atoms with E-state index in [1.54, 1.807) is 0 Å². The summed E-state index contributed by atoms with van der Waals surface area (Å²) >= 11 is 0. The maximum absolute atomic E-state index is 12.1. The van der Waals surface area contributed by atoms with E-state index < -0.39 is 0 Å². The first-order valence-corrected chi connectivity index (χ1v) is 7.38. The molecule has 0 radical (unpaired) electrons. The molecule has 3 heteroatoms. The maximum Gasteiger partial charge on any atom is 0.237 e. The third-order valence-electron chi connectivity index (χ3n) is 4.37. The number of hydrogen-bond acceptors (Lipinski definition) is 2. The Morgan fingerprint density at radius 3 is 2.33 bits per heavy atom. The van der Waals surface area contributed by atoms with E-state index in [-0.39, 0.29) is 17.9 Å². The van der Waals surface area contributed by atoms with Crippen LogP contribution < -0.4 is 11.1 Å². The Morgan fingerprint density at radius 2 is 1.83 bits per heavy atom. The largest absolute Gasteiger partial charge is 0.352 e. The first-order valence-electron chi connectivity index (χ1n) is 7.38. The molecule has 0 spiro atoms. The molecule has 3 nitrogen and oxygen atoms in total. The van der Waals surface area contributed by atoms with Crippen LogP contribution in [0, 0.1) is 23.7 Å². The van der Waals surface area contributed by atoms with Crippen molar-refractivity contribution in [1.29, 1.82) is 0 Å². The summed E-state index contributed by atoms with van der Waals surface area (Å²) in [5.74, 6) is 2.15. The molecule has 1 fully saturated rings. The molecule has 0 bridgehead atoms. The summed E-state index contributed by atoms with van der Waals surface area (Å²) in [5, 5.41) is 3.20. The molecule has 0 aromatic carbocycles. The van der Waals surface area contributed by atoms with Crippen LogP contribution in [0.25, 0.3) is 0 Å². The van der Waals surface area contributed by atoms with Gasteiger partial charge in [-0.2, -0.15) is 0 Å². The molecule has 106 valence electrons. The minimum Gasteiger partial charge on any atom is -0.352 e. The summed E-state index contributed by atoms with van der Waals surface area (Å²) in [5.41, 5.74) is 5.92. The zero-order valence-corrected chi connectivity index (χ0v) is 12.6. The van der Waals surface area contributed by atoms with E-state index in [2.05, 4.69) is 26.1 Å². The Balaban J connectivity index is 2.63. The Bertz CT molecular complexity index is 276. The molecule has 0 aliphatic heterocycles. The van der Waals surface area contributed by atoms with E-state index in [0.29, 0.717) is 23.8 Å². The molecule has 3 N–H and O–H groups in total. The van der Waals surface area contributed by atoms with Gasteiger partial charge in [-0.05, 0) is 36.5 Å². The number of hydrogen-bond donors (Lipinski definition) is 2. The minimum absolute atomic E-state index is 0.0229. The number of rotatable bonds is 4. The predicted molar refractivity (Wildman–Crippen MR) is 76.1 cm³/mol. The summed E-state index contributed by atoms with van der Waals surface area (Å²) in [6.45, 7) is 10.8. The lowest BCUT2D eigenvalue weighted by Crippen LogP contribution is -2.52. The van der Waals surface area contributed by atoms with Crippen LogP contribution in [0.5, 0.6) is 0 Å². The second-order valence-corrected chi connectivity index (χ2v) is 6.71. The molecule has 0 aromatic heterocycles. The average Bonchev–Trinajstić information content (AvgIpc) is 2.27. The molecule has 0 heterocycles. The van der Waals surface area contributed by atoms with Crippen LogP contribution in [-0.4, -0.2) is 18.0 Å². The summed E-state index contributed by atoms with van der Waals surface area (Å²) in [6, 6.07) is -0.0684. The molecular formula is C15H30N2O. The Hall–Kier alpha value is -0.570. The molecule has 0 aromatic rings. The Labute approximate surface area is 112 Å². The van der Waals surface area contributed by atoms with E-state index in [0.717, 1.165) is 6.42 Å². The van der Waals surface area contributed by atoms with Crippen molar-refractivity contribution in [2.75, 3.05) is 0 Å². The maximum atomic E-state index is 12.1. The van der Waals surface area contributed by atoms with Crippen molar-refractivity contribution >= 4 is 5.91 Å². The molecule has 1 amide bonds. The quantitative estimate of drug-likeness (QED) is 0.810. The van der Waals surface area contributed by atoms with Crippen molar-refractivity contribution in [3.8, 4) is 0 Å². The van der Waals surface area contributed by atoms with E-state index in [1.807, 2.05) is 13.8 Å². The highest BCUT2D eigenvalue weighted by molar-refractivity contribution is 5.82. The van der Waals surface area contributed by atoms with Crippen molar-refractivity contribution in [3.63, 3.8) is 0 Å². The van der Waals surface area contributed by atoms with Gasteiger partial charge >= 0.3 is 0 Å². The monoisotopic (exact) mass is 254 g/mol. The van der Waals surface area contributed by atoms with Crippen LogP contribution in [0.3, 0.4) is 0 Å². The standard InChI is InChI=1S/C15H30N2O/c1-9(2)12-7-6-11(5)8-13(12)17-15(18)14(16)10(3)4/h9-14H,6-8,16H2,1-5H3,(H,17,18). The van der Waals surface area contributed by atoms with Gasteiger partial charge in [0.05, 0.1) is 6.04 Å². The first kappa shape index (κ1) is 15.5. The molecular weight excluding hydrogens is 224 g/mol. The van der Waals surface area contributed by atoms with Gasteiger partial charge in [-0.3, -0.25) is 4.79 Å². The second-order valence-electron chi connectivity index (χ2n) is 6.71. The second kappa shape index (κ2) is 6.55. The van der Waals surface area contributed by atoms with Crippen molar-refractivity contribution in [1.82, 2.24) is 5.32 Å².